The number of rotatable bonds is 3. The predicted molar refractivity (Wildman–Crippen MR) is 114 cm³/mol. The van der Waals surface area contributed by atoms with Gasteiger partial charge in [-0.2, -0.15) is 0 Å². The minimum Gasteiger partial charge on any atom is -0.379 e. The second kappa shape index (κ2) is 6.20. The number of carbonyl (C=O) groups is 2. The molecule has 1 N–H and O–H groups in total. The Morgan fingerprint density at radius 1 is 1.10 bits per heavy atom. The number of carbonyl (C=O) groups excluding carboxylic acids is 2. The van der Waals surface area contributed by atoms with Crippen molar-refractivity contribution in [1.29, 1.82) is 0 Å². The van der Waals surface area contributed by atoms with Gasteiger partial charge in [0, 0.05) is 47.9 Å². The maximum absolute atomic E-state index is 13.6. The first-order valence-corrected chi connectivity index (χ1v) is 11.1. The third kappa shape index (κ3) is 2.94. The molecule has 1 aliphatic heterocycles. The molecule has 2 atom stereocenters. The van der Waals surface area contributed by atoms with Crippen LogP contribution in [0.5, 0.6) is 0 Å². The number of ketones is 1. The summed E-state index contributed by atoms with van der Waals surface area (Å²) >= 11 is 0. The molecule has 0 saturated heterocycles. The molecule has 4 nitrogen and oxygen atoms in total. The third-order valence-corrected chi connectivity index (χ3v) is 7.91. The molecule has 1 heterocycles. The monoisotopic (exact) mass is 392 g/mol. The number of nitrogens with zero attached hydrogens (tertiary/aromatic N) is 1. The molecular weight excluding hydrogens is 360 g/mol. The van der Waals surface area contributed by atoms with Gasteiger partial charge in [0.05, 0.1) is 0 Å². The lowest BCUT2D eigenvalue weighted by molar-refractivity contribution is -0.125. The second-order valence-corrected chi connectivity index (χ2v) is 10.9. The molecule has 0 radical (unpaired) electrons. The minimum atomic E-state index is -0.114. The van der Waals surface area contributed by atoms with E-state index in [2.05, 4.69) is 25.2 Å². The molecule has 4 aliphatic carbocycles. The summed E-state index contributed by atoms with van der Waals surface area (Å²) in [5.74, 6) is 2.44. The molecule has 0 aromatic heterocycles. The van der Waals surface area contributed by atoms with Gasteiger partial charge in [0.2, 0.25) is 0 Å². The van der Waals surface area contributed by atoms with Crippen molar-refractivity contribution in [2.45, 2.75) is 57.9 Å². The fraction of sp³-hybridized carbons (Fsp3) is 0.600. The van der Waals surface area contributed by atoms with Crippen molar-refractivity contribution in [3.8, 4) is 0 Å². The number of benzene rings is 1. The van der Waals surface area contributed by atoms with Gasteiger partial charge in [-0.1, -0.05) is 6.07 Å². The number of hydrogen-bond acceptors (Lipinski definition) is 3. The van der Waals surface area contributed by atoms with E-state index in [-0.39, 0.29) is 16.9 Å². The highest BCUT2D eigenvalue weighted by atomic mass is 16.2. The lowest BCUT2D eigenvalue weighted by Gasteiger charge is -2.37. The largest absolute Gasteiger partial charge is 0.379 e. The van der Waals surface area contributed by atoms with Crippen LogP contribution in [0.4, 0.5) is 0 Å². The highest BCUT2D eigenvalue weighted by Crippen LogP contribution is 2.65. The fourth-order valence-electron chi connectivity index (χ4n) is 6.91. The number of allylic oxidation sites excluding steroid dienone is 1. The molecular formula is C25H32N2O2. The molecule has 29 heavy (non-hydrogen) atoms. The van der Waals surface area contributed by atoms with Crippen molar-refractivity contribution in [3.63, 3.8) is 0 Å². The van der Waals surface area contributed by atoms with Crippen molar-refractivity contribution < 1.29 is 9.59 Å². The maximum Gasteiger partial charge on any atom is 0.253 e. The molecule has 1 aromatic rings. The fourth-order valence-corrected chi connectivity index (χ4v) is 6.91. The van der Waals surface area contributed by atoms with Crippen molar-refractivity contribution >= 4 is 17.4 Å². The molecule has 5 aliphatic rings. The number of fused-ring (bicyclic) bond motifs is 1. The van der Waals surface area contributed by atoms with E-state index in [4.69, 9.17) is 0 Å². The first-order chi connectivity index (χ1) is 13.7. The first-order valence-electron chi connectivity index (χ1n) is 11.1. The van der Waals surface area contributed by atoms with Gasteiger partial charge in [0.1, 0.15) is 0 Å². The normalized spacial score (nSPS) is 34.8. The van der Waals surface area contributed by atoms with Crippen LogP contribution in [0, 0.1) is 23.2 Å². The number of hydrogen-bond donors (Lipinski definition) is 1. The van der Waals surface area contributed by atoms with E-state index in [0.29, 0.717) is 17.3 Å². The van der Waals surface area contributed by atoms with Crippen LogP contribution in [-0.2, 0) is 11.2 Å². The quantitative estimate of drug-likeness (QED) is 0.790. The Balaban J connectivity index is 1.54. The van der Waals surface area contributed by atoms with Gasteiger partial charge < -0.3 is 10.2 Å². The average Bonchev–Trinajstić information content (AvgIpc) is 3.05. The van der Waals surface area contributed by atoms with Crippen molar-refractivity contribution in [1.82, 2.24) is 10.2 Å². The highest BCUT2D eigenvalue weighted by Gasteiger charge is 2.60. The molecule has 1 aromatic carbocycles. The second-order valence-electron chi connectivity index (χ2n) is 10.9. The summed E-state index contributed by atoms with van der Waals surface area (Å²) in [4.78, 5) is 27.7. The van der Waals surface area contributed by atoms with Gasteiger partial charge in [-0.25, -0.2) is 0 Å². The van der Waals surface area contributed by atoms with Gasteiger partial charge >= 0.3 is 0 Å². The summed E-state index contributed by atoms with van der Waals surface area (Å²) in [7, 11) is 3.54. The van der Waals surface area contributed by atoms with E-state index >= 15 is 0 Å². The van der Waals surface area contributed by atoms with Gasteiger partial charge in [0.15, 0.2) is 5.78 Å². The van der Waals surface area contributed by atoms with Gasteiger partial charge in [-0.3, -0.25) is 9.59 Å². The Morgan fingerprint density at radius 2 is 1.79 bits per heavy atom. The lowest BCUT2D eigenvalue weighted by Crippen LogP contribution is -2.44. The van der Waals surface area contributed by atoms with Crippen LogP contribution in [0.25, 0.3) is 5.70 Å². The van der Waals surface area contributed by atoms with Crippen LogP contribution in [-0.4, -0.2) is 36.2 Å². The van der Waals surface area contributed by atoms with Crippen LogP contribution in [0.3, 0.4) is 0 Å². The third-order valence-electron chi connectivity index (χ3n) is 7.91. The molecule has 4 bridgehead atoms. The summed E-state index contributed by atoms with van der Waals surface area (Å²) in [6, 6.07) is 5.95. The SMILES string of the molecule is CN(C)C(=O)c1ccc2c(c1)/C(=C/C(=O)C13CC4CC(CC1C4)C3)NC(C)(C)C2. The average molecular weight is 393 g/mol. The van der Waals surface area contributed by atoms with Gasteiger partial charge in [-0.15, -0.1) is 0 Å². The van der Waals surface area contributed by atoms with E-state index in [1.807, 2.05) is 18.2 Å². The van der Waals surface area contributed by atoms with Crippen molar-refractivity contribution in [3.05, 3.63) is 41.0 Å². The maximum atomic E-state index is 13.6. The van der Waals surface area contributed by atoms with E-state index < -0.39 is 0 Å². The highest BCUT2D eigenvalue weighted by molar-refractivity contribution is 6.02. The van der Waals surface area contributed by atoms with Crippen LogP contribution < -0.4 is 5.32 Å². The molecule has 4 heteroatoms. The Labute approximate surface area is 173 Å². The Bertz CT molecular complexity index is 913. The Hall–Kier alpha value is -2.10. The summed E-state index contributed by atoms with van der Waals surface area (Å²) < 4.78 is 0. The Morgan fingerprint density at radius 3 is 2.45 bits per heavy atom. The zero-order valence-corrected chi connectivity index (χ0v) is 18.0. The Kier molecular flexibility index (Phi) is 4.04. The standard InChI is InChI=1S/C25H32N2O2/c1-24(2)14-18-6-5-17(23(29)27(3)4)10-20(18)21(26-24)11-22(28)25-12-15-7-16(13-25)9-19(25)8-15/h5-6,10-11,15-16,19,26H,7-9,12-14H2,1-4H3/b21-11-. The minimum absolute atomic E-state index is 0.00589. The van der Waals surface area contributed by atoms with Crippen molar-refractivity contribution in [2.75, 3.05) is 14.1 Å². The van der Waals surface area contributed by atoms with E-state index in [1.54, 1.807) is 19.0 Å². The molecule has 0 spiro atoms. The smallest absolute Gasteiger partial charge is 0.253 e. The molecule has 2 unspecified atom stereocenters. The number of amides is 1. The molecule has 4 saturated carbocycles. The summed E-state index contributed by atoms with van der Waals surface area (Å²) in [5, 5.41) is 3.61. The first kappa shape index (κ1) is 18.9. The predicted octanol–water partition coefficient (Wildman–Crippen LogP) is 4.05. The van der Waals surface area contributed by atoms with Gasteiger partial charge in [0.25, 0.3) is 5.91 Å². The lowest BCUT2D eigenvalue weighted by atomic mass is 9.72. The van der Waals surface area contributed by atoms with Crippen LogP contribution in [0.15, 0.2) is 24.3 Å². The molecule has 1 amide bonds. The van der Waals surface area contributed by atoms with Crippen molar-refractivity contribution in [2.24, 2.45) is 23.2 Å². The van der Waals surface area contributed by atoms with E-state index in [1.165, 1.54) is 24.8 Å². The molecule has 6 rings (SSSR count). The number of nitrogens with one attached hydrogen (secondary N) is 1. The van der Waals surface area contributed by atoms with Crippen LogP contribution in [0.2, 0.25) is 0 Å². The summed E-state index contributed by atoms with van der Waals surface area (Å²) in [5.41, 5.74) is 3.57. The zero-order valence-electron chi connectivity index (χ0n) is 18.0. The van der Waals surface area contributed by atoms with E-state index in [9.17, 15) is 9.59 Å². The summed E-state index contributed by atoms with van der Waals surface area (Å²) in [6.45, 7) is 4.35. The molecule has 4 fully saturated rings. The van der Waals surface area contributed by atoms with E-state index in [0.717, 1.165) is 42.4 Å². The molecule has 154 valence electrons. The van der Waals surface area contributed by atoms with Crippen LogP contribution >= 0.6 is 0 Å². The summed E-state index contributed by atoms with van der Waals surface area (Å²) in [6.07, 6.45) is 8.80. The van der Waals surface area contributed by atoms with Crippen LogP contribution in [0.1, 0.15) is 67.4 Å². The topological polar surface area (TPSA) is 49.4 Å². The van der Waals surface area contributed by atoms with Gasteiger partial charge in [-0.05, 0) is 87.8 Å². The zero-order chi connectivity index (χ0) is 20.6.